The molecule has 0 aliphatic carbocycles. The zero-order chi connectivity index (χ0) is 17.1. The third-order valence-electron chi connectivity index (χ3n) is 5.00. The van der Waals surface area contributed by atoms with Crippen LogP contribution in [-0.2, 0) is 24.1 Å². The maximum Gasteiger partial charge on any atom is 0.315 e. The molecule has 0 saturated carbocycles. The molecule has 3 heterocycles. The number of carbonyl (C=O) groups is 1. The number of ether oxygens (including phenoxy) is 3. The molecular formula is C18H25N3O4. The minimum absolute atomic E-state index is 0.142. The van der Waals surface area contributed by atoms with E-state index in [0.717, 1.165) is 62.8 Å². The van der Waals surface area contributed by atoms with Crippen LogP contribution < -0.4 is 20.1 Å². The fourth-order valence-electron chi connectivity index (χ4n) is 3.66. The van der Waals surface area contributed by atoms with Crippen molar-refractivity contribution in [2.24, 2.45) is 0 Å². The Bertz CT molecular complexity index is 611. The quantitative estimate of drug-likeness (QED) is 0.820. The zero-order valence-corrected chi connectivity index (χ0v) is 14.4. The molecule has 0 atom stereocenters. The smallest absolute Gasteiger partial charge is 0.315 e. The summed E-state index contributed by atoms with van der Waals surface area (Å²) in [6.45, 7) is 6.79. The van der Waals surface area contributed by atoms with E-state index in [2.05, 4.69) is 21.6 Å². The van der Waals surface area contributed by atoms with E-state index in [-0.39, 0.29) is 6.03 Å². The molecule has 4 rings (SSSR count). The number of carbonyl (C=O) groups excluding carboxylic acids is 1. The van der Waals surface area contributed by atoms with Gasteiger partial charge in [-0.05, 0) is 6.07 Å². The number of fused-ring (bicyclic) bond motifs is 2. The summed E-state index contributed by atoms with van der Waals surface area (Å²) >= 11 is 0. The molecule has 3 aliphatic heterocycles. The van der Waals surface area contributed by atoms with Gasteiger partial charge < -0.3 is 24.8 Å². The van der Waals surface area contributed by atoms with Crippen molar-refractivity contribution in [2.75, 3.05) is 52.6 Å². The lowest BCUT2D eigenvalue weighted by Gasteiger charge is -2.26. The molecule has 0 bridgehead atoms. The van der Waals surface area contributed by atoms with Crippen LogP contribution in [0.2, 0.25) is 0 Å². The van der Waals surface area contributed by atoms with E-state index in [0.29, 0.717) is 26.3 Å². The van der Waals surface area contributed by atoms with Crippen LogP contribution in [0.5, 0.6) is 11.5 Å². The number of morpholine rings is 1. The molecule has 136 valence electrons. The molecule has 0 radical (unpaired) electrons. The summed E-state index contributed by atoms with van der Waals surface area (Å²) in [5, 5.41) is 5.90. The molecule has 1 aromatic carbocycles. The van der Waals surface area contributed by atoms with Crippen molar-refractivity contribution < 1.29 is 19.0 Å². The number of urea groups is 1. The van der Waals surface area contributed by atoms with E-state index >= 15 is 0 Å². The lowest BCUT2D eigenvalue weighted by molar-refractivity contribution is 0.0387. The van der Waals surface area contributed by atoms with Gasteiger partial charge in [0.05, 0.1) is 26.4 Å². The second-order valence-corrected chi connectivity index (χ2v) is 6.58. The van der Waals surface area contributed by atoms with Crippen molar-refractivity contribution in [1.29, 1.82) is 0 Å². The molecule has 3 aliphatic rings. The molecule has 1 saturated heterocycles. The normalized spacial score (nSPS) is 18.9. The molecule has 1 fully saturated rings. The lowest BCUT2D eigenvalue weighted by Crippen LogP contribution is -2.43. The predicted octanol–water partition coefficient (Wildman–Crippen LogP) is 0.688. The van der Waals surface area contributed by atoms with E-state index in [9.17, 15) is 4.79 Å². The van der Waals surface area contributed by atoms with Gasteiger partial charge in [-0.15, -0.1) is 0 Å². The maximum atomic E-state index is 12.1. The Labute approximate surface area is 147 Å². The Kier molecular flexibility index (Phi) is 4.94. The summed E-state index contributed by atoms with van der Waals surface area (Å²) in [7, 11) is 0. The van der Waals surface area contributed by atoms with E-state index < -0.39 is 0 Å². The zero-order valence-electron chi connectivity index (χ0n) is 14.4. The molecule has 0 unspecified atom stereocenters. The first-order valence-corrected chi connectivity index (χ1v) is 9.06. The maximum absolute atomic E-state index is 12.1. The number of amides is 2. The van der Waals surface area contributed by atoms with Gasteiger partial charge in [-0.1, -0.05) is 0 Å². The van der Waals surface area contributed by atoms with Gasteiger partial charge in [0.2, 0.25) is 0 Å². The first kappa shape index (κ1) is 16.5. The van der Waals surface area contributed by atoms with Crippen LogP contribution in [-0.4, -0.2) is 63.5 Å². The van der Waals surface area contributed by atoms with Gasteiger partial charge >= 0.3 is 6.03 Å². The molecule has 7 heteroatoms. The fraction of sp³-hybridized carbons (Fsp3) is 0.611. The molecule has 25 heavy (non-hydrogen) atoms. The topological polar surface area (TPSA) is 72.1 Å². The van der Waals surface area contributed by atoms with Gasteiger partial charge in [-0.3, -0.25) is 4.90 Å². The van der Waals surface area contributed by atoms with Gasteiger partial charge in [-0.25, -0.2) is 4.79 Å². The van der Waals surface area contributed by atoms with Crippen LogP contribution in [0.3, 0.4) is 0 Å². The Hall–Kier alpha value is -1.99. The second kappa shape index (κ2) is 7.49. The van der Waals surface area contributed by atoms with Gasteiger partial charge in [0.1, 0.15) is 11.5 Å². The minimum atomic E-state index is -0.142. The number of nitrogens with one attached hydrogen (secondary N) is 2. The van der Waals surface area contributed by atoms with Crippen LogP contribution in [0.15, 0.2) is 6.07 Å². The number of rotatable bonds is 5. The van der Waals surface area contributed by atoms with Crippen molar-refractivity contribution in [2.45, 2.75) is 19.4 Å². The highest BCUT2D eigenvalue weighted by Crippen LogP contribution is 2.40. The first-order valence-electron chi connectivity index (χ1n) is 9.06. The standard InChI is InChI=1S/C18H25N3O4/c22-18(19-3-4-21-5-9-23-10-6-21)20-12-15-14-2-8-24-16(14)11-13-1-7-25-17(13)15/h11H,1-10,12H2,(H2,19,20,22). The van der Waals surface area contributed by atoms with Crippen molar-refractivity contribution in [3.8, 4) is 11.5 Å². The first-order chi connectivity index (χ1) is 12.3. The summed E-state index contributed by atoms with van der Waals surface area (Å²) < 4.78 is 16.8. The van der Waals surface area contributed by atoms with E-state index in [1.165, 1.54) is 11.1 Å². The largest absolute Gasteiger partial charge is 0.493 e. The molecular weight excluding hydrogens is 322 g/mol. The highest BCUT2D eigenvalue weighted by Gasteiger charge is 2.26. The van der Waals surface area contributed by atoms with Gasteiger partial charge in [0, 0.05) is 62.3 Å². The van der Waals surface area contributed by atoms with Crippen molar-refractivity contribution in [3.05, 3.63) is 22.8 Å². The predicted molar refractivity (Wildman–Crippen MR) is 92.3 cm³/mol. The number of benzene rings is 1. The molecule has 2 amide bonds. The highest BCUT2D eigenvalue weighted by atomic mass is 16.5. The molecule has 0 aromatic heterocycles. The van der Waals surface area contributed by atoms with Crippen molar-refractivity contribution >= 4 is 6.03 Å². The van der Waals surface area contributed by atoms with Gasteiger partial charge in [0.25, 0.3) is 0 Å². The van der Waals surface area contributed by atoms with E-state index in [1.54, 1.807) is 0 Å². The fourth-order valence-corrected chi connectivity index (χ4v) is 3.66. The van der Waals surface area contributed by atoms with E-state index in [1.807, 2.05) is 0 Å². The molecule has 2 N–H and O–H groups in total. The van der Waals surface area contributed by atoms with Gasteiger partial charge in [-0.2, -0.15) is 0 Å². The number of hydrogen-bond donors (Lipinski definition) is 2. The van der Waals surface area contributed by atoms with Crippen molar-refractivity contribution in [3.63, 3.8) is 0 Å². The third-order valence-corrected chi connectivity index (χ3v) is 5.00. The Balaban J connectivity index is 1.30. The van der Waals surface area contributed by atoms with Crippen LogP contribution in [0.1, 0.15) is 16.7 Å². The molecule has 7 nitrogen and oxygen atoms in total. The molecule has 0 spiro atoms. The average molecular weight is 347 g/mol. The summed E-state index contributed by atoms with van der Waals surface area (Å²) in [5.74, 6) is 1.90. The summed E-state index contributed by atoms with van der Waals surface area (Å²) in [6.07, 6.45) is 1.78. The Morgan fingerprint density at radius 3 is 2.80 bits per heavy atom. The summed E-state index contributed by atoms with van der Waals surface area (Å²) in [6, 6.07) is 1.95. The highest BCUT2D eigenvalue weighted by molar-refractivity contribution is 5.74. The van der Waals surface area contributed by atoms with Gasteiger partial charge in [0.15, 0.2) is 0 Å². The Morgan fingerprint density at radius 1 is 1.08 bits per heavy atom. The number of hydrogen-bond acceptors (Lipinski definition) is 5. The van der Waals surface area contributed by atoms with Crippen molar-refractivity contribution in [1.82, 2.24) is 15.5 Å². The Morgan fingerprint density at radius 2 is 1.92 bits per heavy atom. The average Bonchev–Trinajstić information content (AvgIpc) is 3.28. The summed E-state index contributed by atoms with van der Waals surface area (Å²) in [5.41, 5.74) is 3.44. The minimum Gasteiger partial charge on any atom is -0.493 e. The number of nitrogens with zero attached hydrogens (tertiary/aromatic N) is 1. The van der Waals surface area contributed by atoms with Crippen LogP contribution >= 0.6 is 0 Å². The van der Waals surface area contributed by atoms with E-state index in [4.69, 9.17) is 14.2 Å². The van der Waals surface area contributed by atoms with Crippen LogP contribution in [0.4, 0.5) is 4.79 Å². The van der Waals surface area contributed by atoms with Crippen LogP contribution in [0, 0.1) is 0 Å². The second-order valence-electron chi connectivity index (χ2n) is 6.58. The summed E-state index contributed by atoms with van der Waals surface area (Å²) in [4.78, 5) is 14.4. The monoisotopic (exact) mass is 347 g/mol. The SMILES string of the molecule is O=C(NCCN1CCOCC1)NCc1c2c(cc3c1OCC3)OCC2. The molecule has 1 aromatic rings. The van der Waals surface area contributed by atoms with Crippen LogP contribution in [0.25, 0.3) is 0 Å². The third kappa shape index (κ3) is 3.67. The lowest BCUT2D eigenvalue weighted by atomic mass is 9.99.